The highest BCUT2D eigenvalue weighted by molar-refractivity contribution is 5.97. The number of carbonyl (C=O) groups is 1. The van der Waals surface area contributed by atoms with Crippen molar-refractivity contribution in [1.29, 1.82) is 0 Å². The van der Waals surface area contributed by atoms with Gasteiger partial charge in [-0.3, -0.25) is 14.9 Å². The Bertz CT molecular complexity index is 1660. The zero-order valence-corrected chi connectivity index (χ0v) is 21.7. The number of hydrogen-bond donors (Lipinski definition) is 1. The average molecular weight is 531 g/mol. The maximum atomic E-state index is 12.7. The van der Waals surface area contributed by atoms with Crippen LogP contribution in [0.1, 0.15) is 22.8 Å². The van der Waals surface area contributed by atoms with Crippen molar-refractivity contribution in [3.63, 3.8) is 0 Å². The summed E-state index contributed by atoms with van der Waals surface area (Å²) in [4.78, 5) is 23.3. The molecule has 40 heavy (non-hydrogen) atoms. The van der Waals surface area contributed by atoms with Crippen molar-refractivity contribution in [3.8, 4) is 34.0 Å². The number of nitrogens with zero attached hydrogens (tertiary/aromatic N) is 3. The van der Waals surface area contributed by atoms with Crippen LogP contribution in [0.5, 0.6) is 5.75 Å². The van der Waals surface area contributed by atoms with Crippen molar-refractivity contribution in [1.82, 2.24) is 9.99 Å². The Labute approximate surface area is 231 Å². The third kappa shape index (κ3) is 5.66. The van der Waals surface area contributed by atoms with Gasteiger partial charge in [0.1, 0.15) is 5.75 Å². The van der Waals surface area contributed by atoms with E-state index in [9.17, 15) is 14.9 Å². The molecule has 1 heterocycles. The number of carbonyl (C=O) groups excluding carboxylic acids is 1. The Morgan fingerprint density at radius 1 is 0.900 bits per heavy atom. The van der Waals surface area contributed by atoms with E-state index in [2.05, 4.69) is 15.1 Å². The van der Waals surface area contributed by atoms with Gasteiger partial charge in [-0.1, -0.05) is 66.7 Å². The summed E-state index contributed by atoms with van der Waals surface area (Å²) >= 11 is 0. The van der Waals surface area contributed by atoms with Gasteiger partial charge in [0.2, 0.25) is 0 Å². The molecule has 0 bridgehead atoms. The number of benzene rings is 4. The minimum absolute atomic E-state index is 0.145. The van der Waals surface area contributed by atoms with E-state index in [1.165, 1.54) is 24.3 Å². The Hall–Kier alpha value is -5.50. The van der Waals surface area contributed by atoms with Crippen molar-refractivity contribution in [2.45, 2.75) is 6.92 Å². The van der Waals surface area contributed by atoms with Crippen LogP contribution in [-0.2, 0) is 0 Å². The predicted octanol–water partition coefficient (Wildman–Crippen LogP) is 6.88. The molecule has 5 aromatic rings. The SMILES string of the molecule is CCOc1ccc(-n2c(-c3ccccc3)cc(/C=N\NC(=O)c3cccc([N+](=O)[O-])c3)c2-c2ccccc2)cc1. The van der Waals surface area contributed by atoms with Crippen LogP contribution in [0.2, 0.25) is 0 Å². The molecule has 0 saturated heterocycles. The van der Waals surface area contributed by atoms with Gasteiger partial charge < -0.3 is 9.30 Å². The molecular weight excluding hydrogens is 504 g/mol. The smallest absolute Gasteiger partial charge is 0.271 e. The highest BCUT2D eigenvalue weighted by Gasteiger charge is 2.19. The number of hydrogen-bond acceptors (Lipinski definition) is 5. The Morgan fingerprint density at radius 3 is 2.23 bits per heavy atom. The monoisotopic (exact) mass is 530 g/mol. The van der Waals surface area contributed by atoms with Gasteiger partial charge in [0.05, 0.1) is 29.1 Å². The summed E-state index contributed by atoms with van der Waals surface area (Å²) < 4.78 is 7.81. The fourth-order valence-electron chi connectivity index (χ4n) is 4.45. The number of hydrazone groups is 1. The van der Waals surface area contributed by atoms with Crippen LogP contribution in [0.15, 0.2) is 120 Å². The van der Waals surface area contributed by atoms with Crippen molar-refractivity contribution in [2.75, 3.05) is 6.61 Å². The molecule has 0 radical (unpaired) electrons. The quantitative estimate of drug-likeness (QED) is 0.128. The molecule has 5 rings (SSSR count). The van der Waals surface area contributed by atoms with Crippen LogP contribution in [0.25, 0.3) is 28.2 Å². The maximum Gasteiger partial charge on any atom is 0.271 e. The van der Waals surface area contributed by atoms with E-state index in [0.717, 1.165) is 39.5 Å². The van der Waals surface area contributed by atoms with Crippen LogP contribution in [0.4, 0.5) is 5.69 Å². The van der Waals surface area contributed by atoms with Gasteiger partial charge in [0, 0.05) is 28.9 Å². The molecule has 198 valence electrons. The Kier molecular flexibility index (Phi) is 7.78. The molecule has 0 spiro atoms. The standard InChI is InChI=1S/C32H26N4O4/c1-2-40-29-18-16-27(17-19-29)35-30(23-10-5-3-6-11-23)21-26(31(35)24-12-7-4-8-13-24)22-33-34-32(37)25-14-9-15-28(20-25)36(38)39/h3-22H,2H2,1H3,(H,34,37)/b33-22-. The molecule has 0 aliphatic rings. The first-order chi connectivity index (χ1) is 19.5. The van der Waals surface area contributed by atoms with Gasteiger partial charge in [-0.2, -0.15) is 5.10 Å². The number of nitro benzene ring substituents is 1. The first kappa shape index (κ1) is 26.1. The molecule has 0 aliphatic heterocycles. The lowest BCUT2D eigenvalue weighted by atomic mass is 10.1. The number of nitrogens with one attached hydrogen (secondary N) is 1. The summed E-state index contributed by atoms with van der Waals surface area (Å²) in [6.45, 7) is 2.53. The lowest BCUT2D eigenvalue weighted by Crippen LogP contribution is -2.17. The van der Waals surface area contributed by atoms with Crippen molar-refractivity contribution in [2.24, 2.45) is 5.10 Å². The van der Waals surface area contributed by atoms with E-state index in [4.69, 9.17) is 4.74 Å². The molecule has 0 unspecified atom stereocenters. The largest absolute Gasteiger partial charge is 0.494 e. The summed E-state index contributed by atoms with van der Waals surface area (Å²) in [7, 11) is 0. The molecule has 1 amide bonds. The van der Waals surface area contributed by atoms with Crippen LogP contribution in [0.3, 0.4) is 0 Å². The number of amides is 1. The van der Waals surface area contributed by atoms with E-state index < -0.39 is 10.8 Å². The summed E-state index contributed by atoms with van der Waals surface area (Å²) in [5.74, 6) is 0.238. The molecule has 0 fully saturated rings. The maximum absolute atomic E-state index is 12.7. The van der Waals surface area contributed by atoms with Crippen molar-refractivity contribution in [3.05, 3.63) is 137 Å². The molecule has 0 saturated carbocycles. The third-order valence-corrected chi connectivity index (χ3v) is 6.24. The molecule has 0 atom stereocenters. The second kappa shape index (κ2) is 11.9. The third-order valence-electron chi connectivity index (χ3n) is 6.24. The highest BCUT2D eigenvalue weighted by atomic mass is 16.6. The Morgan fingerprint density at radius 2 is 1.57 bits per heavy atom. The van der Waals surface area contributed by atoms with Gasteiger partial charge >= 0.3 is 0 Å². The van der Waals surface area contributed by atoms with E-state index in [1.807, 2.05) is 97.9 Å². The molecule has 1 aromatic heterocycles. The molecule has 4 aromatic carbocycles. The number of aromatic nitrogens is 1. The lowest BCUT2D eigenvalue weighted by molar-refractivity contribution is -0.384. The molecule has 1 N–H and O–H groups in total. The minimum atomic E-state index is -0.546. The van der Waals surface area contributed by atoms with E-state index >= 15 is 0 Å². The van der Waals surface area contributed by atoms with Crippen LogP contribution >= 0.6 is 0 Å². The fourth-order valence-corrected chi connectivity index (χ4v) is 4.45. The van der Waals surface area contributed by atoms with Gasteiger partial charge in [-0.25, -0.2) is 5.43 Å². The van der Waals surface area contributed by atoms with Gasteiger partial charge in [-0.05, 0) is 54.4 Å². The normalized spacial score (nSPS) is 10.9. The molecule has 8 heteroatoms. The van der Waals surface area contributed by atoms with Crippen LogP contribution in [-0.4, -0.2) is 28.2 Å². The highest BCUT2D eigenvalue weighted by Crippen LogP contribution is 2.35. The minimum Gasteiger partial charge on any atom is -0.494 e. The van der Waals surface area contributed by atoms with Gasteiger partial charge in [-0.15, -0.1) is 0 Å². The van der Waals surface area contributed by atoms with Crippen LogP contribution < -0.4 is 10.2 Å². The first-order valence-corrected chi connectivity index (χ1v) is 12.7. The van der Waals surface area contributed by atoms with E-state index in [-0.39, 0.29) is 11.3 Å². The Balaban J connectivity index is 1.59. The number of non-ortho nitro benzene ring substituents is 1. The summed E-state index contributed by atoms with van der Waals surface area (Å²) in [6, 6.07) is 35.4. The van der Waals surface area contributed by atoms with Gasteiger partial charge in [0.15, 0.2) is 0 Å². The number of ether oxygens (including phenoxy) is 1. The number of nitro groups is 1. The van der Waals surface area contributed by atoms with Crippen LogP contribution in [0, 0.1) is 10.1 Å². The van der Waals surface area contributed by atoms with Crippen molar-refractivity contribution < 1.29 is 14.5 Å². The number of rotatable bonds is 9. The zero-order valence-electron chi connectivity index (χ0n) is 21.7. The second-order valence-electron chi connectivity index (χ2n) is 8.83. The first-order valence-electron chi connectivity index (χ1n) is 12.7. The van der Waals surface area contributed by atoms with E-state index in [1.54, 1.807) is 6.21 Å². The summed E-state index contributed by atoms with van der Waals surface area (Å²) in [6.07, 6.45) is 1.59. The molecule has 8 nitrogen and oxygen atoms in total. The lowest BCUT2D eigenvalue weighted by Gasteiger charge is -2.15. The zero-order chi connectivity index (χ0) is 27.9. The predicted molar refractivity (Wildman–Crippen MR) is 156 cm³/mol. The summed E-state index contributed by atoms with van der Waals surface area (Å²) in [5.41, 5.74) is 7.99. The summed E-state index contributed by atoms with van der Waals surface area (Å²) in [5, 5.41) is 15.3. The topological polar surface area (TPSA) is 98.8 Å². The molecular formula is C32H26N4O4. The fraction of sp³-hybridized carbons (Fsp3) is 0.0625. The average Bonchev–Trinajstić information content (AvgIpc) is 3.38. The molecule has 0 aliphatic carbocycles. The van der Waals surface area contributed by atoms with Gasteiger partial charge in [0.25, 0.3) is 11.6 Å². The van der Waals surface area contributed by atoms with Crippen molar-refractivity contribution >= 4 is 17.8 Å². The second-order valence-corrected chi connectivity index (χ2v) is 8.83. The van der Waals surface area contributed by atoms with E-state index in [0.29, 0.717) is 6.61 Å².